The van der Waals surface area contributed by atoms with Gasteiger partial charge in [0.15, 0.2) is 5.75 Å². The molecule has 0 radical (unpaired) electrons. The maximum atomic E-state index is 11.2. The van der Waals surface area contributed by atoms with Crippen molar-refractivity contribution in [3.8, 4) is 17.2 Å². The second-order valence-electron chi connectivity index (χ2n) is 9.17. The molecule has 0 saturated carbocycles. The van der Waals surface area contributed by atoms with Crippen LogP contribution in [0.15, 0.2) is 76.2 Å². The third-order valence-corrected chi connectivity index (χ3v) is 7.26. The zero-order valence-electron chi connectivity index (χ0n) is 21.0. The smallest absolute Gasteiger partial charge is 0.307 e. The molecule has 192 valence electrons. The molecule has 4 aromatic rings. The maximum Gasteiger partial charge on any atom is 0.307 e. The minimum Gasteiger partial charge on any atom is -0.496 e. The summed E-state index contributed by atoms with van der Waals surface area (Å²) >= 11 is 7.18. The molecule has 1 unspecified atom stereocenters. The van der Waals surface area contributed by atoms with Crippen LogP contribution in [0.1, 0.15) is 53.6 Å². The lowest BCUT2D eigenvalue weighted by atomic mass is 9.92. The molecule has 1 atom stereocenters. The van der Waals surface area contributed by atoms with Gasteiger partial charge in [-0.1, -0.05) is 43.7 Å². The first-order chi connectivity index (χ1) is 17.7. The number of hydrogen-bond donors (Lipinski definition) is 1. The van der Waals surface area contributed by atoms with E-state index in [1.54, 1.807) is 31.8 Å². The van der Waals surface area contributed by atoms with E-state index in [1.165, 1.54) is 0 Å². The zero-order valence-corrected chi connectivity index (χ0v) is 24.2. The van der Waals surface area contributed by atoms with Crippen LogP contribution >= 0.6 is 31.9 Å². The summed E-state index contributed by atoms with van der Waals surface area (Å²) in [7, 11) is 1.68. The van der Waals surface area contributed by atoms with Crippen LogP contribution in [0, 0.1) is 6.92 Å². The monoisotopic (exact) mass is 626 g/mol. The fraction of sp³-hybridized carbons (Fsp3) is 0.241. The van der Waals surface area contributed by atoms with E-state index in [1.807, 2.05) is 29.0 Å². The Labute approximate surface area is 233 Å². The number of ether oxygens (including phenoxy) is 2. The molecule has 37 heavy (non-hydrogen) atoms. The van der Waals surface area contributed by atoms with E-state index in [2.05, 4.69) is 75.8 Å². The van der Waals surface area contributed by atoms with E-state index in [-0.39, 0.29) is 18.4 Å². The Bertz CT molecular complexity index is 1390. The van der Waals surface area contributed by atoms with E-state index < -0.39 is 5.97 Å². The van der Waals surface area contributed by atoms with Crippen molar-refractivity contribution in [1.29, 1.82) is 0 Å². The number of imidazole rings is 1. The number of carboxylic acid groups (broad SMARTS) is 1. The number of carbonyl (C=O) groups is 1. The highest BCUT2D eigenvalue weighted by Gasteiger charge is 2.25. The van der Waals surface area contributed by atoms with Crippen molar-refractivity contribution in [2.75, 3.05) is 7.11 Å². The Morgan fingerprint density at radius 3 is 2.32 bits per heavy atom. The highest BCUT2D eigenvalue weighted by atomic mass is 79.9. The standard InChI is InChI=1S/C29H28Br2N2O4/c1-17(2)21-14-26(37-29-23(30)11-19(12-24(29)31)13-27(34)35)22(15-25(21)36-4)28(33-9-8-32-16-33)20-7-5-6-18(3)10-20/h5-12,14-17,28H,13H2,1-4H3,(H,34,35). The number of halogens is 2. The lowest BCUT2D eigenvalue weighted by molar-refractivity contribution is -0.136. The molecule has 0 saturated heterocycles. The Morgan fingerprint density at radius 1 is 1.05 bits per heavy atom. The molecule has 1 N–H and O–H groups in total. The number of aryl methyl sites for hydroxylation is 1. The third-order valence-electron chi connectivity index (χ3n) is 6.09. The summed E-state index contributed by atoms with van der Waals surface area (Å²) in [5.41, 5.74) is 4.81. The van der Waals surface area contributed by atoms with Crippen molar-refractivity contribution in [2.24, 2.45) is 0 Å². The Balaban J connectivity index is 1.93. The highest BCUT2D eigenvalue weighted by Crippen LogP contribution is 2.45. The van der Waals surface area contributed by atoms with Crippen LogP contribution < -0.4 is 9.47 Å². The van der Waals surface area contributed by atoms with E-state index >= 15 is 0 Å². The molecule has 1 aromatic heterocycles. The van der Waals surface area contributed by atoms with Crippen LogP contribution in [-0.4, -0.2) is 27.7 Å². The lowest BCUT2D eigenvalue weighted by Crippen LogP contribution is -2.13. The number of carboxylic acids is 1. The van der Waals surface area contributed by atoms with Crippen molar-refractivity contribution in [3.05, 3.63) is 104 Å². The first kappa shape index (κ1) is 26.9. The van der Waals surface area contributed by atoms with Gasteiger partial charge in [-0.3, -0.25) is 4.79 Å². The first-order valence-electron chi connectivity index (χ1n) is 11.8. The molecule has 3 aromatic carbocycles. The van der Waals surface area contributed by atoms with Crippen molar-refractivity contribution >= 4 is 37.8 Å². The number of nitrogens with zero attached hydrogens (tertiary/aromatic N) is 2. The van der Waals surface area contributed by atoms with Crippen LogP contribution in [0.4, 0.5) is 0 Å². The largest absolute Gasteiger partial charge is 0.496 e. The number of methoxy groups -OCH3 is 1. The van der Waals surface area contributed by atoms with Crippen molar-refractivity contribution in [3.63, 3.8) is 0 Å². The fourth-order valence-electron chi connectivity index (χ4n) is 4.39. The molecule has 0 spiro atoms. The highest BCUT2D eigenvalue weighted by molar-refractivity contribution is 9.11. The van der Waals surface area contributed by atoms with Crippen LogP contribution in [0.5, 0.6) is 17.2 Å². The van der Waals surface area contributed by atoms with Gasteiger partial charge in [-0.15, -0.1) is 0 Å². The van der Waals surface area contributed by atoms with Gasteiger partial charge < -0.3 is 19.1 Å². The summed E-state index contributed by atoms with van der Waals surface area (Å²) in [6.07, 6.45) is 5.41. The summed E-state index contributed by atoms with van der Waals surface area (Å²) in [5, 5.41) is 9.22. The molecule has 6 nitrogen and oxygen atoms in total. The average Bonchev–Trinajstić information content (AvgIpc) is 3.36. The molecule has 4 rings (SSSR count). The summed E-state index contributed by atoms with van der Waals surface area (Å²) in [6, 6.07) is 15.8. The molecule has 0 amide bonds. The topological polar surface area (TPSA) is 73.6 Å². The molecule has 0 bridgehead atoms. The minimum atomic E-state index is -0.896. The van der Waals surface area contributed by atoms with E-state index in [9.17, 15) is 9.90 Å². The van der Waals surface area contributed by atoms with Gasteiger partial charge in [-0.05, 0) is 80.1 Å². The molecular formula is C29H28Br2N2O4. The summed E-state index contributed by atoms with van der Waals surface area (Å²) in [5.74, 6) is 1.31. The second kappa shape index (κ2) is 11.5. The Hall–Kier alpha value is -3.10. The van der Waals surface area contributed by atoms with Gasteiger partial charge in [-0.25, -0.2) is 4.98 Å². The molecule has 0 aliphatic rings. The number of aliphatic carboxylic acids is 1. The average molecular weight is 628 g/mol. The van der Waals surface area contributed by atoms with Gasteiger partial charge >= 0.3 is 5.97 Å². The van der Waals surface area contributed by atoms with Gasteiger partial charge in [0.2, 0.25) is 0 Å². The van der Waals surface area contributed by atoms with Crippen molar-refractivity contribution < 1.29 is 19.4 Å². The van der Waals surface area contributed by atoms with Crippen LogP contribution in [0.2, 0.25) is 0 Å². The van der Waals surface area contributed by atoms with Gasteiger partial charge in [0.1, 0.15) is 11.5 Å². The number of aromatic nitrogens is 2. The predicted octanol–water partition coefficient (Wildman–Crippen LogP) is 7.91. The summed E-state index contributed by atoms with van der Waals surface area (Å²) in [6.45, 7) is 6.30. The SMILES string of the molecule is COc1cc(C(c2cccc(C)c2)n2ccnc2)c(Oc2c(Br)cc(CC(=O)O)cc2Br)cc1C(C)C. The van der Waals surface area contributed by atoms with Gasteiger partial charge in [-0.2, -0.15) is 0 Å². The van der Waals surface area contributed by atoms with Gasteiger partial charge in [0.25, 0.3) is 0 Å². The normalized spacial score (nSPS) is 12.0. The second-order valence-corrected chi connectivity index (χ2v) is 10.9. The Kier molecular flexibility index (Phi) is 8.39. The number of benzene rings is 3. The number of rotatable bonds is 9. The lowest BCUT2D eigenvalue weighted by Gasteiger charge is -2.26. The molecular weight excluding hydrogens is 600 g/mol. The quantitative estimate of drug-likeness (QED) is 0.204. The van der Waals surface area contributed by atoms with Crippen molar-refractivity contribution in [2.45, 2.75) is 39.2 Å². The minimum absolute atomic E-state index is 0.0845. The van der Waals surface area contributed by atoms with E-state index in [0.29, 0.717) is 26.0 Å². The van der Waals surface area contributed by atoms with Crippen LogP contribution in [0.25, 0.3) is 0 Å². The van der Waals surface area contributed by atoms with Crippen LogP contribution in [-0.2, 0) is 11.2 Å². The van der Waals surface area contributed by atoms with E-state index in [4.69, 9.17) is 9.47 Å². The predicted molar refractivity (Wildman–Crippen MR) is 151 cm³/mol. The van der Waals surface area contributed by atoms with Crippen molar-refractivity contribution in [1.82, 2.24) is 9.55 Å². The van der Waals surface area contributed by atoms with Gasteiger partial charge in [0, 0.05) is 23.5 Å². The zero-order chi connectivity index (χ0) is 26.7. The molecule has 1 heterocycles. The first-order valence-corrected chi connectivity index (χ1v) is 13.4. The fourth-order valence-corrected chi connectivity index (χ4v) is 5.84. The number of hydrogen-bond acceptors (Lipinski definition) is 4. The van der Waals surface area contributed by atoms with Gasteiger partial charge in [0.05, 0.1) is 34.8 Å². The third kappa shape index (κ3) is 6.08. The van der Waals surface area contributed by atoms with E-state index in [0.717, 1.165) is 28.0 Å². The summed E-state index contributed by atoms with van der Waals surface area (Å²) in [4.78, 5) is 15.5. The molecule has 0 fully saturated rings. The Morgan fingerprint density at radius 2 is 1.76 bits per heavy atom. The molecule has 0 aliphatic carbocycles. The molecule has 0 aliphatic heterocycles. The van der Waals surface area contributed by atoms with Crippen LogP contribution in [0.3, 0.4) is 0 Å². The molecule has 8 heteroatoms. The summed E-state index contributed by atoms with van der Waals surface area (Å²) < 4.78 is 15.8. The maximum absolute atomic E-state index is 11.2.